The van der Waals surface area contributed by atoms with E-state index < -0.39 is 0 Å². The van der Waals surface area contributed by atoms with Gasteiger partial charge in [-0.1, -0.05) is 35.2 Å². The number of nitrogens with zero attached hydrogens (tertiary/aromatic N) is 1. The molecule has 2 rings (SSSR count). The molecule has 106 valence electrons. The predicted octanol–water partition coefficient (Wildman–Crippen LogP) is 3.07. The number of aliphatic hydroxyl groups excluding tert-OH is 2. The first-order valence-electron chi connectivity index (χ1n) is 7.03. The molecule has 3 nitrogen and oxygen atoms in total. The topological polar surface area (TPSA) is 43.7 Å². The van der Waals surface area contributed by atoms with E-state index in [4.69, 9.17) is 0 Å². The number of anilines is 1. The van der Waals surface area contributed by atoms with Crippen molar-refractivity contribution in [2.24, 2.45) is 0 Å². The molecule has 0 unspecified atom stereocenters. The molecule has 0 spiro atoms. The van der Waals surface area contributed by atoms with Gasteiger partial charge < -0.3 is 15.1 Å². The summed E-state index contributed by atoms with van der Waals surface area (Å²) < 4.78 is 0.980. The lowest BCUT2D eigenvalue weighted by atomic mass is 9.93. The number of benzene rings is 1. The Kier molecular flexibility index (Phi) is 5.67. The van der Waals surface area contributed by atoms with E-state index in [1.807, 2.05) is 18.2 Å². The van der Waals surface area contributed by atoms with Crippen molar-refractivity contribution in [1.29, 1.82) is 0 Å². The summed E-state index contributed by atoms with van der Waals surface area (Å²) in [4.78, 5) is 2.27. The van der Waals surface area contributed by atoms with Crippen molar-refractivity contribution >= 4 is 21.6 Å². The van der Waals surface area contributed by atoms with Crippen LogP contribution < -0.4 is 4.90 Å². The van der Waals surface area contributed by atoms with Crippen LogP contribution in [0.2, 0.25) is 0 Å². The zero-order valence-corrected chi connectivity index (χ0v) is 12.8. The summed E-state index contributed by atoms with van der Waals surface area (Å²) in [6, 6.07) is 6.50. The lowest BCUT2D eigenvalue weighted by Crippen LogP contribution is -2.39. The molecule has 4 heteroatoms. The molecule has 0 aliphatic heterocycles. The third-order valence-corrected chi connectivity index (χ3v) is 4.37. The first-order chi connectivity index (χ1) is 9.26. The van der Waals surface area contributed by atoms with Crippen LogP contribution in [0.5, 0.6) is 0 Å². The molecular formula is C15H22BrNO2. The molecule has 1 aliphatic carbocycles. The van der Waals surface area contributed by atoms with Crippen molar-refractivity contribution in [2.45, 2.75) is 44.8 Å². The molecule has 0 bridgehead atoms. The molecule has 1 aromatic rings. The van der Waals surface area contributed by atoms with Crippen LogP contribution in [0.25, 0.3) is 0 Å². The monoisotopic (exact) mass is 327 g/mol. The Labute approximate surface area is 123 Å². The quantitative estimate of drug-likeness (QED) is 0.873. The predicted molar refractivity (Wildman–Crippen MR) is 81.4 cm³/mol. The fourth-order valence-electron chi connectivity index (χ4n) is 2.96. The first-order valence-corrected chi connectivity index (χ1v) is 7.82. The maximum atomic E-state index is 9.55. The second kappa shape index (κ2) is 7.27. The summed E-state index contributed by atoms with van der Waals surface area (Å²) in [7, 11) is 0. The van der Waals surface area contributed by atoms with E-state index in [2.05, 4.69) is 20.8 Å². The van der Waals surface area contributed by atoms with Crippen molar-refractivity contribution in [3.8, 4) is 0 Å². The fraction of sp³-hybridized carbons (Fsp3) is 0.600. The number of aliphatic hydroxyl groups is 2. The van der Waals surface area contributed by atoms with Gasteiger partial charge in [-0.05, 0) is 31.0 Å². The van der Waals surface area contributed by atoms with Gasteiger partial charge in [-0.15, -0.1) is 0 Å². The summed E-state index contributed by atoms with van der Waals surface area (Å²) in [6.45, 7) is 0.820. The summed E-state index contributed by atoms with van der Waals surface area (Å²) in [5, 5.41) is 18.9. The van der Waals surface area contributed by atoms with Crippen LogP contribution in [-0.2, 0) is 6.61 Å². The molecule has 1 saturated carbocycles. The number of hydrogen-bond donors (Lipinski definition) is 2. The lowest BCUT2D eigenvalue weighted by molar-refractivity contribution is 0.277. The van der Waals surface area contributed by atoms with Crippen LogP contribution >= 0.6 is 15.9 Å². The van der Waals surface area contributed by atoms with Crippen molar-refractivity contribution < 1.29 is 10.2 Å². The van der Waals surface area contributed by atoms with Gasteiger partial charge in [0.1, 0.15) is 0 Å². The van der Waals surface area contributed by atoms with Gasteiger partial charge in [-0.3, -0.25) is 0 Å². The number of rotatable bonds is 5. The highest BCUT2D eigenvalue weighted by Gasteiger charge is 2.22. The van der Waals surface area contributed by atoms with Crippen LogP contribution in [-0.4, -0.2) is 29.4 Å². The van der Waals surface area contributed by atoms with E-state index in [9.17, 15) is 10.2 Å². The standard InChI is InChI=1S/C15H22BrNO2/c16-13-6-7-15(12(10-13)11-19)17(8-9-18)14-4-2-1-3-5-14/h6-7,10,14,18-19H,1-5,8-9,11H2. The second-order valence-corrected chi connectivity index (χ2v) is 6.06. The molecule has 0 radical (unpaired) electrons. The highest BCUT2D eigenvalue weighted by Crippen LogP contribution is 2.31. The molecule has 19 heavy (non-hydrogen) atoms. The summed E-state index contributed by atoms with van der Waals surface area (Å²) in [6.07, 6.45) is 6.20. The van der Waals surface area contributed by atoms with Gasteiger partial charge in [0, 0.05) is 28.3 Å². The normalized spacial score (nSPS) is 16.6. The zero-order valence-electron chi connectivity index (χ0n) is 11.2. The Morgan fingerprint density at radius 2 is 1.89 bits per heavy atom. The third kappa shape index (κ3) is 3.71. The van der Waals surface area contributed by atoms with Gasteiger partial charge in [0.05, 0.1) is 13.2 Å². The van der Waals surface area contributed by atoms with E-state index in [0.717, 1.165) is 15.7 Å². The highest BCUT2D eigenvalue weighted by atomic mass is 79.9. The van der Waals surface area contributed by atoms with Gasteiger partial charge in [0.2, 0.25) is 0 Å². The summed E-state index contributed by atoms with van der Waals surface area (Å²) >= 11 is 3.44. The molecule has 1 aliphatic rings. The van der Waals surface area contributed by atoms with E-state index in [-0.39, 0.29) is 13.2 Å². The van der Waals surface area contributed by atoms with E-state index >= 15 is 0 Å². The van der Waals surface area contributed by atoms with Gasteiger partial charge in [0.15, 0.2) is 0 Å². The van der Waals surface area contributed by atoms with Crippen molar-refractivity contribution in [1.82, 2.24) is 0 Å². The van der Waals surface area contributed by atoms with Crippen molar-refractivity contribution in [2.75, 3.05) is 18.1 Å². The molecule has 1 aromatic carbocycles. The Morgan fingerprint density at radius 1 is 1.16 bits per heavy atom. The average molecular weight is 328 g/mol. The average Bonchev–Trinajstić information content (AvgIpc) is 2.46. The fourth-order valence-corrected chi connectivity index (χ4v) is 3.37. The largest absolute Gasteiger partial charge is 0.395 e. The highest BCUT2D eigenvalue weighted by molar-refractivity contribution is 9.10. The maximum absolute atomic E-state index is 9.55. The third-order valence-electron chi connectivity index (χ3n) is 3.88. The van der Waals surface area contributed by atoms with Crippen LogP contribution in [0.4, 0.5) is 5.69 Å². The Balaban J connectivity index is 2.26. The van der Waals surface area contributed by atoms with Crippen LogP contribution in [0.1, 0.15) is 37.7 Å². The van der Waals surface area contributed by atoms with Gasteiger partial charge in [-0.2, -0.15) is 0 Å². The molecule has 1 fully saturated rings. The molecule has 0 saturated heterocycles. The molecule has 0 heterocycles. The Bertz CT molecular complexity index is 405. The Hall–Kier alpha value is -0.580. The van der Waals surface area contributed by atoms with Gasteiger partial charge in [-0.25, -0.2) is 0 Å². The number of hydrogen-bond acceptors (Lipinski definition) is 3. The van der Waals surface area contributed by atoms with E-state index in [1.165, 1.54) is 32.1 Å². The maximum Gasteiger partial charge on any atom is 0.0702 e. The van der Waals surface area contributed by atoms with E-state index in [1.54, 1.807) is 0 Å². The molecule has 0 aromatic heterocycles. The summed E-state index contributed by atoms with van der Waals surface area (Å²) in [5.74, 6) is 0. The molecule has 0 atom stereocenters. The number of halogens is 1. The minimum Gasteiger partial charge on any atom is -0.395 e. The first kappa shape index (κ1) is 14.8. The van der Waals surface area contributed by atoms with Crippen LogP contribution in [0.15, 0.2) is 22.7 Å². The smallest absolute Gasteiger partial charge is 0.0702 e. The minimum absolute atomic E-state index is 0.0312. The molecule has 0 amide bonds. The molecular weight excluding hydrogens is 306 g/mol. The Morgan fingerprint density at radius 3 is 2.53 bits per heavy atom. The van der Waals surface area contributed by atoms with Crippen LogP contribution in [0.3, 0.4) is 0 Å². The SMILES string of the molecule is OCCN(c1ccc(Br)cc1CO)C1CCCCC1. The minimum atomic E-state index is 0.0312. The zero-order chi connectivity index (χ0) is 13.7. The molecule has 2 N–H and O–H groups in total. The lowest BCUT2D eigenvalue weighted by Gasteiger charge is -2.37. The summed E-state index contributed by atoms with van der Waals surface area (Å²) in [5.41, 5.74) is 1.99. The van der Waals surface area contributed by atoms with E-state index in [0.29, 0.717) is 12.6 Å². The van der Waals surface area contributed by atoms with Gasteiger partial charge >= 0.3 is 0 Å². The second-order valence-electron chi connectivity index (χ2n) is 5.14. The van der Waals surface area contributed by atoms with Crippen molar-refractivity contribution in [3.63, 3.8) is 0 Å². The van der Waals surface area contributed by atoms with Crippen molar-refractivity contribution in [3.05, 3.63) is 28.2 Å². The van der Waals surface area contributed by atoms with Gasteiger partial charge in [0.25, 0.3) is 0 Å². The van der Waals surface area contributed by atoms with Crippen LogP contribution in [0, 0.1) is 0 Å².